The van der Waals surface area contributed by atoms with E-state index in [-0.39, 0.29) is 0 Å². The number of nitrogen functional groups attached to an aromatic ring is 1. The number of hydrogen-bond donors (Lipinski definition) is 1. The largest absolute Gasteiger partial charge is 0.434 e. The SMILES string of the molecule is Nc1cc(Br)cc2nc(-c3cccc(Br)c3)oc12. The van der Waals surface area contributed by atoms with Crippen LogP contribution in [0.4, 0.5) is 5.69 Å². The molecule has 0 spiro atoms. The van der Waals surface area contributed by atoms with Gasteiger partial charge in [-0.3, -0.25) is 0 Å². The second-order valence-electron chi connectivity index (χ2n) is 3.87. The molecule has 2 aromatic carbocycles. The number of nitrogens with zero attached hydrogens (tertiary/aromatic N) is 1. The van der Waals surface area contributed by atoms with Gasteiger partial charge in [0.1, 0.15) is 5.52 Å². The van der Waals surface area contributed by atoms with Crippen LogP contribution in [0.5, 0.6) is 0 Å². The van der Waals surface area contributed by atoms with E-state index in [0.717, 1.165) is 20.0 Å². The van der Waals surface area contributed by atoms with Gasteiger partial charge in [-0.1, -0.05) is 37.9 Å². The van der Waals surface area contributed by atoms with Crippen LogP contribution in [0.2, 0.25) is 0 Å². The Kier molecular flexibility index (Phi) is 2.87. The van der Waals surface area contributed by atoms with Crippen LogP contribution >= 0.6 is 31.9 Å². The normalized spacial score (nSPS) is 11.0. The van der Waals surface area contributed by atoms with E-state index in [2.05, 4.69) is 36.8 Å². The zero-order valence-corrected chi connectivity index (χ0v) is 12.3. The molecular formula is C13H8Br2N2O. The van der Waals surface area contributed by atoms with Crippen LogP contribution in [0.1, 0.15) is 0 Å². The van der Waals surface area contributed by atoms with Gasteiger partial charge in [0.25, 0.3) is 0 Å². The van der Waals surface area contributed by atoms with Gasteiger partial charge in [-0.15, -0.1) is 0 Å². The van der Waals surface area contributed by atoms with Crippen molar-refractivity contribution in [3.63, 3.8) is 0 Å². The topological polar surface area (TPSA) is 52.0 Å². The molecule has 18 heavy (non-hydrogen) atoms. The Morgan fingerprint density at radius 2 is 1.89 bits per heavy atom. The molecule has 0 saturated heterocycles. The average Bonchev–Trinajstić information content (AvgIpc) is 2.73. The minimum Gasteiger partial charge on any atom is -0.434 e. The summed E-state index contributed by atoms with van der Waals surface area (Å²) in [7, 11) is 0. The molecule has 0 fully saturated rings. The maximum absolute atomic E-state index is 5.91. The number of oxazole rings is 1. The van der Waals surface area contributed by atoms with Crippen LogP contribution in [0.25, 0.3) is 22.6 Å². The molecule has 0 unspecified atom stereocenters. The lowest BCUT2D eigenvalue weighted by Crippen LogP contribution is -1.84. The molecule has 0 aliphatic carbocycles. The molecule has 0 bridgehead atoms. The highest BCUT2D eigenvalue weighted by Crippen LogP contribution is 2.31. The standard InChI is InChI=1S/C13H8Br2N2O/c14-8-3-1-2-7(4-8)13-17-11-6-9(15)5-10(16)12(11)18-13/h1-6H,16H2. The Hall–Kier alpha value is -1.33. The molecule has 3 nitrogen and oxygen atoms in total. The van der Waals surface area contributed by atoms with Crippen molar-refractivity contribution in [3.05, 3.63) is 45.3 Å². The molecule has 0 radical (unpaired) electrons. The summed E-state index contributed by atoms with van der Waals surface area (Å²) in [5, 5.41) is 0. The number of benzene rings is 2. The van der Waals surface area contributed by atoms with Crippen LogP contribution < -0.4 is 5.73 Å². The predicted molar refractivity (Wildman–Crippen MR) is 79.3 cm³/mol. The fraction of sp³-hybridized carbons (Fsp3) is 0. The lowest BCUT2D eigenvalue weighted by atomic mass is 10.2. The molecular weight excluding hydrogens is 360 g/mol. The Morgan fingerprint density at radius 3 is 2.67 bits per heavy atom. The van der Waals surface area contributed by atoms with Gasteiger partial charge in [-0.05, 0) is 30.3 Å². The van der Waals surface area contributed by atoms with Gasteiger partial charge in [0.2, 0.25) is 5.89 Å². The van der Waals surface area contributed by atoms with Gasteiger partial charge in [-0.2, -0.15) is 0 Å². The van der Waals surface area contributed by atoms with Crippen molar-refractivity contribution in [2.24, 2.45) is 0 Å². The second kappa shape index (κ2) is 4.40. The third kappa shape index (κ3) is 2.04. The highest BCUT2D eigenvalue weighted by atomic mass is 79.9. The van der Waals surface area contributed by atoms with E-state index in [1.165, 1.54) is 0 Å². The van der Waals surface area contributed by atoms with E-state index >= 15 is 0 Å². The highest BCUT2D eigenvalue weighted by molar-refractivity contribution is 9.10. The lowest BCUT2D eigenvalue weighted by Gasteiger charge is -1.95. The number of halogens is 2. The van der Waals surface area contributed by atoms with Crippen molar-refractivity contribution in [1.82, 2.24) is 4.98 Å². The minimum atomic E-state index is 0.566. The molecule has 0 amide bonds. The molecule has 0 saturated carbocycles. The third-order valence-corrected chi connectivity index (χ3v) is 3.51. The van der Waals surface area contributed by atoms with Crippen molar-refractivity contribution in [3.8, 4) is 11.5 Å². The van der Waals surface area contributed by atoms with Gasteiger partial charge in [-0.25, -0.2) is 4.98 Å². The average molecular weight is 368 g/mol. The van der Waals surface area contributed by atoms with Gasteiger partial charge in [0.05, 0.1) is 5.69 Å². The summed E-state index contributed by atoms with van der Waals surface area (Å²) in [6.45, 7) is 0. The summed E-state index contributed by atoms with van der Waals surface area (Å²) in [5.41, 5.74) is 8.76. The van der Waals surface area contributed by atoms with Crippen LogP contribution in [0, 0.1) is 0 Å². The maximum Gasteiger partial charge on any atom is 0.227 e. The minimum absolute atomic E-state index is 0.566. The Labute approximate surface area is 120 Å². The van der Waals surface area contributed by atoms with E-state index in [1.807, 2.05) is 30.3 Å². The Morgan fingerprint density at radius 1 is 1.06 bits per heavy atom. The Bertz CT molecular complexity index is 737. The lowest BCUT2D eigenvalue weighted by molar-refractivity contribution is 0.621. The van der Waals surface area contributed by atoms with E-state index in [4.69, 9.17) is 10.2 Å². The van der Waals surface area contributed by atoms with E-state index in [9.17, 15) is 0 Å². The number of fused-ring (bicyclic) bond motifs is 1. The molecule has 1 aromatic heterocycles. The maximum atomic E-state index is 5.91. The van der Waals surface area contributed by atoms with Crippen LogP contribution in [-0.4, -0.2) is 4.98 Å². The molecule has 5 heteroatoms. The number of anilines is 1. The monoisotopic (exact) mass is 366 g/mol. The quantitative estimate of drug-likeness (QED) is 0.639. The smallest absolute Gasteiger partial charge is 0.227 e. The van der Waals surface area contributed by atoms with Crippen LogP contribution in [-0.2, 0) is 0 Å². The van der Waals surface area contributed by atoms with Gasteiger partial charge in [0, 0.05) is 14.5 Å². The molecule has 0 aliphatic heterocycles. The third-order valence-electron chi connectivity index (χ3n) is 2.56. The number of rotatable bonds is 1. The summed E-state index contributed by atoms with van der Waals surface area (Å²) in [6, 6.07) is 11.5. The zero-order chi connectivity index (χ0) is 12.7. The molecule has 3 aromatic rings. The van der Waals surface area contributed by atoms with Crippen molar-refractivity contribution in [1.29, 1.82) is 0 Å². The first-order valence-corrected chi connectivity index (χ1v) is 6.83. The number of aromatic nitrogens is 1. The van der Waals surface area contributed by atoms with E-state index in [1.54, 1.807) is 6.07 Å². The first kappa shape index (κ1) is 11.7. The van der Waals surface area contributed by atoms with Crippen molar-refractivity contribution in [2.45, 2.75) is 0 Å². The molecule has 2 N–H and O–H groups in total. The highest BCUT2D eigenvalue weighted by Gasteiger charge is 2.11. The summed E-state index contributed by atoms with van der Waals surface area (Å²) < 4.78 is 7.59. The zero-order valence-electron chi connectivity index (χ0n) is 9.15. The number of nitrogens with two attached hydrogens (primary N) is 1. The number of hydrogen-bond acceptors (Lipinski definition) is 3. The second-order valence-corrected chi connectivity index (χ2v) is 5.70. The molecule has 90 valence electrons. The van der Waals surface area contributed by atoms with Gasteiger partial charge >= 0.3 is 0 Å². The van der Waals surface area contributed by atoms with E-state index in [0.29, 0.717) is 17.2 Å². The molecule has 0 aliphatic rings. The van der Waals surface area contributed by atoms with Gasteiger partial charge < -0.3 is 10.2 Å². The molecule has 3 rings (SSSR count). The fourth-order valence-electron chi connectivity index (χ4n) is 1.77. The van der Waals surface area contributed by atoms with E-state index < -0.39 is 0 Å². The Balaban J connectivity index is 2.22. The summed E-state index contributed by atoms with van der Waals surface area (Å²) >= 11 is 6.82. The fourth-order valence-corrected chi connectivity index (χ4v) is 2.63. The molecule has 1 heterocycles. The molecule has 0 atom stereocenters. The first-order chi connectivity index (χ1) is 8.63. The predicted octanol–water partition coefficient (Wildman–Crippen LogP) is 4.60. The summed E-state index contributed by atoms with van der Waals surface area (Å²) in [4.78, 5) is 4.45. The van der Waals surface area contributed by atoms with Crippen molar-refractivity contribution < 1.29 is 4.42 Å². The van der Waals surface area contributed by atoms with Gasteiger partial charge in [0.15, 0.2) is 5.58 Å². The summed E-state index contributed by atoms with van der Waals surface area (Å²) in [6.07, 6.45) is 0. The van der Waals surface area contributed by atoms with Crippen molar-refractivity contribution in [2.75, 3.05) is 5.73 Å². The van der Waals surface area contributed by atoms with Crippen LogP contribution in [0.15, 0.2) is 49.8 Å². The summed E-state index contributed by atoms with van der Waals surface area (Å²) in [5.74, 6) is 0.566. The van der Waals surface area contributed by atoms with Crippen molar-refractivity contribution >= 4 is 48.6 Å². The first-order valence-electron chi connectivity index (χ1n) is 5.25. The van der Waals surface area contributed by atoms with Crippen LogP contribution in [0.3, 0.4) is 0 Å².